The molecule has 0 aliphatic carbocycles. The SMILES string of the molecule is Cc1ccc(N2CCCC(NC(=O)C(C(C)C)N3CCCCC3)C2)nn1. The van der Waals surface area contributed by atoms with E-state index in [1.165, 1.54) is 19.3 Å². The Bertz CT molecular complexity index is 582. The molecule has 2 aliphatic heterocycles. The highest BCUT2D eigenvalue weighted by molar-refractivity contribution is 5.82. The van der Waals surface area contributed by atoms with Crippen molar-refractivity contribution in [3.05, 3.63) is 17.8 Å². The normalized spacial score (nSPS) is 23.1. The van der Waals surface area contributed by atoms with Crippen molar-refractivity contribution in [3.8, 4) is 0 Å². The van der Waals surface area contributed by atoms with Crippen LogP contribution in [0.5, 0.6) is 0 Å². The van der Waals surface area contributed by atoms with Crippen LogP contribution in [-0.2, 0) is 4.79 Å². The fourth-order valence-corrected chi connectivity index (χ4v) is 4.24. The van der Waals surface area contributed by atoms with Crippen molar-refractivity contribution >= 4 is 11.7 Å². The van der Waals surface area contributed by atoms with Gasteiger partial charge in [-0.3, -0.25) is 9.69 Å². The molecule has 6 nitrogen and oxygen atoms in total. The number of anilines is 1. The summed E-state index contributed by atoms with van der Waals surface area (Å²) in [4.78, 5) is 17.7. The van der Waals surface area contributed by atoms with Crippen LogP contribution >= 0.6 is 0 Å². The van der Waals surface area contributed by atoms with Crippen LogP contribution in [0.4, 0.5) is 5.82 Å². The minimum absolute atomic E-state index is 0.00940. The molecule has 0 radical (unpaired) electrons. The smallest absolute Gasteiger partial charge is 0.237 e. The second kappa shape index (κ2) is 8.80. The van der Waals surface area contributed by atoms with Crippen LogP contribution in [-0.4, -0.2) is 59.3 Å². The first-order chi connectivity index (χ1) is 12.5. The second-order valence-electron chi connectivity index (χ2n) is 8.11. The van der Waals surface area contributed by atoms with E-state index in [9.17, 15) is 4.79 Å². The van der Waals surface area contributed by atoms with Crippen molar-refractivity contribution in [1.29, 1.82) is 0 Å². The molecule has 1 amide bonds. The summed E-state index contributed by atoms with van der Waals surface area (Å²) in [7, 11) is 0. The van der Waals surface area contributed by atoms with E-state index in [2.05, 4.69) is 39.2 Å². The molecule has 0 bridgehead atoms. The molecule has 2 saturated heterocycles. The summed E-state index contributed by atoms with van der Waals surface area (Å²) in [5.41, 5.74) is 0.928. The molecule has 1 N–H and O–H groups in total. The van der Waals surface area contributed by atoms with Crippen molar-refractivity contribution in [1.82, 2.24) is 20.4 Å². The van der Waals surface area contributed by atoms with Crippen LogP contribution in [0.25, 0.3) is 0 Å². The first-order valence-electron chi connectivity index (χ1n) is 10.1. The Labute approximate surface area is 157 Å². The van der Waals surface area contributed by atoms with Gasteiger partial charge >= 0.3 is 0 Å². The summed E-state index contributed by atoms with van der Waals surface area (Å²) in [5, 5.41) is 11.8. The predicted octanol–water partition coefficient (Wildman–Crippen LogP) is 2.38. The summed E-state index contributed by atoms with van der Waals surface area (Å²) in [6, 6.07) is 4.20. The van der Waals surface area contributed by atoms with E-state index in [1.54, 1.807) is 0 Å². The molecular weight excluding hydrogens is 326 g/mol. The lowest BCUT2D eigenvalue weighted by Gasteiger charge is -2.38. The Morgan fingerprint density at radius 3 is 2.54 bits per heavy atom. The topological polar surface area (TPSA) is 61.4 Å². The first kappa shape index (κ1) is 19.1. The molecule has 2 aliphatic rings. The van der Waals surface area contributed by atoms with Gasteiger partial charge in [-0.2, -0.15) is 5.10 Å². The Balaban J connectivity index is 1.61. The molecule has 2 fully saturated rings. The summed E-state index contributed by atoms with van der Waals surface area (Å²) < 4.78 is 0. The third-order valence-corrected chi connectivity index (χ3v) is 5.56. The van der Waals surface area contributed by atoms with E-state index in [4.69, 9.17) is 0 Å². The van der Waals surface area contributed by atoms with Gasteiger partial charge < -0.3 is 10.2 Å². The van der Waals surface area contributed by atoms with Crippen LogP contribution in [0.15, 0.2) is 12.1 Å². The minimum atomic E-state index is -0.00940. The predicted molar refractivity (Wildman–Crippen MR) is 104 cm³/mol. The van der Waals surface area contributed by atoms with Gasteiger partial charge in [-0.1, -0.05) is 20.3 Å². The molecule has 144 valence electrons. The molecule has 26 heavy (non-hydrogen) atoms. The lowest BCUT2D eigenvalue weighted by Crippen LogP contribution is -2.56. The molecule has 2 unspecified atom stereocenters. The van der Waals surface area contributed by atoms with E-state index in [0.29, 0.717) is 5.92 Å². The summed E-state index contributed by atoms with van der Waals surface area (Å²) in [6.07, 6.45) is 5.81. The number of rotatable bonds is 5. The average molecular weight is 360 g/mol. The number of carbonyl (C=O) groups excluding carboxylic acids is 1. The molecule has 1 aromatic heterocycles. The van der Waals surface area contributed by atoms with Crippen molar-refractivity contribution in [2.24, 2.45) is 5.92 Å². The van der Waals surface area contributed by atoms with Gasteiger partial charge in [0.1, 0.15) is 0 Å². The van der Waals surface area contributed by atoms with Crippen LogP contribution in [0.3, 0.4) is 0 Å². The number of aryl methyl sites for hydroxylation is 1. The minimum Gasteiger partial charge on any atom is -0.353 e. The lowest BCUT2D eigenvalue weighted by molar-refractivity contribution is -0.129. The summed E-state index contributed by atoms with van der Waals surface area (Å²) >= 11 is 0. The van der Waals surface area contributed by atoms with E-state index < -0.39 is 0 Å². The third-order valence-electron chi connectivity index (χ3n) is 5.56. The van der Waals surface area contributed by atoms with Crippen LogP contribution in [0.2, 0.25) is 0 Å². The fourth-order valence-electron chi connectivity index (χ4n) is 4.24. The van der Waals surface area contributed by atoms with E-state index >= 15 is 0 Å². The van der Waals surface area contributed by atoms with Gasteiger partial charge in [0.15, 0.2) is 5.82 Å². The van der Waals surface area contributed by atoms with E-state index in [0.717, 1.165) is 50.5 Å². The molecular formula is C20H33N5O. The monoisotopic (exact) mass is 359 g/mol. The van der Waals surface area contributed by atoms with Gasteiger partial charge in [0.05, 0.1) is 11.7 Å². The number of hydrogen-bond donors (Lipinski definition) is 1. The molecule has 6 heteroatoms. The fraction of sp³-hybridized carbons (Fsp3) is 0.750. The van der Waals surface area contributed by atoms with E-state index in [-0.39, 0.29) is 18.0 Å². The highest BCUT2D eigenvalue weighted by Gasteiger charge is 2.32. The molecule has 3 rings (SSSR count). The van der Waals surface area contributed by atoms with Gasteiger partial charge in [-0.25, -0.2) is 0 Å². The van der Waals surface area contributed by atoms with Crippen LogP contribution in [0, 0.1) is 12.8 Å². The summed E-state index contributed by atoms with van der Waals surface area (Å²) in [6.45, 7) is 10.2. The first-order valence-corrected chi connectivity index (χ1v) is 10.1. The van der Waals surface area contributed by atoms with Crippen molar-refractivity contribution in [3.63, 3.8) is 0 Å². The zero-order valence-corrected chi connectivity index (χ0v) is 16.4. The molecule has 1 aromatic rings. The maximum atomic E-state index is 13.0. The number of amides is 1. The molecule has 0 aromatic carbocycles. The van der Waals surface area contributed by atoms with Crippen molar-refractivity contribution in [2.75, 3.05) is 31.1 Å². The lowest BCUT2D eigenvalue weighted by atomic mass is 9.97. The second-order valence-corrected chi connectivity index (χ2v) is 8.11. The van der Waals surface area contributed by atoms with Gasteiger partial charge in [0, 0.05) is 19.1 Å². The van der Waals surface area contributed by atoms with Crippen molar-refractivity contribution < 1.29 is 4.79 Å². The largest absolute Gasteiger partial charge is 0.353 e. The highest BCUT2D eigenvalue weighted by Crippen LogP contribution is 2.20. The Morgan fingerprint density at radius 2 is 1.88 bits per heavy atom. The Morgan fingerprint density at radius 1 is 1.12 bits per heavy atom. The number of hydrogen-bond acceptors (Lipinski definition) is 5. The third kappa shape index (κ3) is 4.72. The van der Waals surface area contributed by atoms with Crippen LogP contribution in [0.1, 0.15) is 51.6 Å². The maximum Gasteiger partial charge on any atom is 0.237 e. The zero-order chi connectivity index (χ0) is 18.5. The number of carbonyl (C=O) groups is 1. The quantitative estimate of drug-likeness (QED) is 0.875. The average Bonchev–Trinajstić information content (AvgIpc) is 2.63. The molecule has 0 spiro atoms. The van der Waals surface area contributed by atoms with Gasteiger partial charge in [0.25, 0.3) is 0 Å². The zero-order valence-electron chi connectivity index (χ0n) is 16.4. The number of nitrogens with zero attached hydrogens (tertiary/aromatic N) is 4. The maximum absolute atomic E-state index is 13.0. The Hall–Kier alpha value is -1.69. The molecule has 3 heterocycles. The number of piperidine rings is 2. The Kier molecular flexibility index (Phi) is 6.46. The van der Waals surface area contributed by atoms with Gasteiger partial charge in [-0.15, -0.1) is 5.10 Å². The van der Waals surface area contributed by atoms with Gasteiger partial charge in [-0.05, 0) is 63.7 Å². The standard InChI is InChI=1S/C20H33N5O/c1-15(2)19(24-11-5-4-6-12-24)20(26)21-17-8-7-13-25(14-17)18-10-9-16(3)22-23-18/h9-10,15,17,19H,4-8,11-14H2,1-3H3,(H,21,26). The molecule has 0 saturated carbocycles. The van der Waals surface area contributed by atoms with Crippen LogP contribution < -0.4 is 10.2 Å². The molecule has 2 atom stereocenters. The summed E-state index contributed by atoms with van der Waals surface area (Å²) in [5.74, 6) is 1.44. The van der Waals surface area contributed by atoms with Gasteiger partial charge in [0.2, 0.25) is 5.91 Å². The van der Waals surface area contributed by atoms with Crippen molar-refractivity contribution in [2.45, 2.75) is 65.0 Å². The number of likely N-dealkylation sites (tertiary alicyclic amines) is 1. The number of aromatic nitrogens is 2. The highest BCUT2D eigenvalue weighted by atomic mass is 16.2. The number of nitrogens with one attached hydrogen (secondary N) is 1. The van der Waals surface area contributed by atoms with E-state index in [1.807, 2.05) is 19.1 Å².